The number of anilines is 1. The van der Waals surface area contributed by atoms with E-state index in [1.54, 1.807) is 12.1 Å². The van der Waals surface area contributed by atoms with Gasteiger partial charge in [0.1, 0.15) is 5.82 Å². The highest BCUT2D eigenvalue weighted by Gasteiger charge is 2.14. The number of hydrogen-bond donors (Lipinski definition) is 2. The van der Waals surface area contributed by atoms with Crippen molar-refractivity contribution in [2.45, 2.75) is 11.3 Å². The van der Waals surface area contributed by atoms with Gasteiger partial charge in [-0.3, -0.25) is 9.52 Å². The molecule has 6 nitrogen and oxygen atoms in total. The number of nitrogens with zero attached hydrogens (tertiary/aromatic N) is 1. The number of aliphatic carboxylic acids is 1. The minimum absolute atomic E-state index is 0.0530. The van der Waals surface area contributed by atoms with Gasteiger partial charge in [-0.25, -0.2) is 13.4 Å². The Bertz CT molecular complexity index is 697. The Hall–Kier alpha value is -2.41. The average Bonchev–Trinajstić information content (AvgIpc) is 2.39. The molecule has 0 atom stereocenters. The van der Waals surface area contributed by atoms with E-state index in [1.165, 1.54) is 36.5 Å². The maximum Gasteiger partial charge on any atom is 0.307 e. The van der Waals surface area contributed by atoms with Crippen molar-refractivity contribution in [3.8, 4) is 0 Å². The molecule has 0 saturated carbocycles. The molecule has 1 aromatic heterocycles. The van der Waals surface area contributed by atoms with Crippen LogP contribution in [-0.2, 0) is 21.2 Å². The summed E-state index contributed by atoms with van der Waals surface area (Å²) in [5.41, 5.74) is 0.536. The summed E-state index contributed by atoms with van der Waals surface area (Å²) >= 11 is 0. The van der Waals surface area contributed by atoms with Crippen molar-refractivity contribution in [3.63, 3.8) is 0 Å². The Labute approximate surface area is 116 Å². The number of carbonyl (C=O) groups is 1. The van der Waals surface area contributed by atoms with Crippen LogP contribution in [0.4, 0.5) is 5.82 Å². The lowest BCUT2D eigenvalue weighted by atomic mass is 10.2. The molecule has 104 valence electrons. The quantitative estimate of drug-likeness (QED) is 0.870. The lowest BCUT2D eigenvalue weighted by Gasteiger charge is -2.07. The molecular weight excluding hydrogens is 280 g/mol. The first-order chi connectivity index (χ1) is 9.47. The molecule has 1 heterocycles. The molecule has 2 aromatic rings. The SMILES string of the molecule is O=C(O)Cc1ccc(S(=O)(=O)Nc2ccccn2)cc1. The second kappa shape index (κ2) is 5.70. The molecule has 0 radical (unpaired) electrons. The summed E-state index contributed by atoms with van der Waals surface area (Å²) in [7, 11) is -3.72. The van der Waals surface area contributed by atoms with Crippen LogP contribution in [0.15, 0.2) is 53.6 Å². The summed E-state index contributed by atoms with van der Waals surface area (Å²) in [4.78, 5) is 14.5. The minimum atomic E-state index is -3.72. The second-order valence-electron chi connectivity index (χ2n) is 4.03. The van der Waals surface area contributed by atoms with E-state index in [1.807, 2.05) is 0 Å². The van der Waals surface area contributed by atoms with Crippen LogP contribution in [0.25, 0.3) is 0 Å². The normalized spacial score (nSPS) is 11.0. The molecule has 0 saturated heterocycles. The Kier molecular flexibility index (Phi) is 3.99. The van der Waals surface area contributed by atoms with Gasteiger partial charge in [0.25, 0.3) is 10.0 Å². The van der Waals surface area contributed by atoms with Crippen molar-refractivity contribution in [2.75, 3.05) is 4.72 Å². The maximum atomic E-state index is 12.1. The standard InChI is InChI=1S/C13H12N2O4S/c16-13(17)9-10-4-6-11(7-5-10)20(18,19)15-12-3-1-2-8-14-12/h1-8H,9H2,(H,14,15)(H,16,17). The third kappa shape index (κ3) is 3.55. The topological polar surface area (TPSA) is 96.4 Å². The third-order valence-electron chi connectivity index (χ3n) is 2.49. The van der Waals surface area contributed by atoms with Crippen LogP contribution < -0.4 is 4.72 Å². The van der Waals surface area contributed by atoms with Gasteiger partial charge in [0.15, 0.2) is 0 Å². The second-order valence-corrected chi connectivity index (χ2v) is 5.72. The van der Waals surface area contributed by atoms with E-state index < -0.39 is 16.0 Å². The number of carboxylic acids is 1. The Morgan fingerprint density at radius 2 is 1.85 bits per heavy atom. The predicted molar refractivity (Wildman–Crippen MR) is 72.8 cm³/mol. The van der Waals surface area contributed by atoms with Gasteiger partial charge in [0.2, 0.25) is 0 Å². The summed E-state index contributed by atoms with van der Waals surface area (Å²) in [6.45, 7) is 0. The molecule has 2 rings (SSSR count). The molecule has 0 aliphatic carbocycles. The third-order valence-corrected chi connectivity index (χ3v) is 3.86. The lowest BCUT2D eigenvalue weighted by Crippen LogP contribution is -2.13. The summed E-state index contributed by atoms with van der Waals surface area (Å²) in [6.07, 6.45) is 1.34. The highest BCUT2D eigenvalue weighted by molar-refractivity contribution is 7.92. The number of benzene rings is 1. The zero-order valence-electron chi connectivity index (χ0n) is 10.4. The predicted octanol–water partition coefficient (Wildman–Crippen LogP) is 1.51. The minimum Gasteiger partial charge on any atom is -0.481 e. The molecule has 0 aliphatic rings. The fourth-order valence-electron chi connectivity index (χ4n) is 1.58. The van der Waals surface area contributed by atoms with Gasteiger partial charge in [-0.05, 0) is 29.8 Å². The van der Waals surface area contributed by atoms with E-state index >= 15 is 0 Å². The Morgan fingerprint density at radius 3 is 2.40 bits per heavy atom. The van der Waals surface area contributed by atoms with E-state index in [9.17, 15) is 13.2 Å². The molecule has 2 N–H and O–H groups in total. The monoisotopic (exact) mass is 292 g/mol. The molecule has 7 heteroatoms. The van der Waals surface area contributed by atoms with E-state index in [4.69, 9.17) is 5.11 Å². The first-order valence-electron chi connectivity index (χ1n) is 5.72. The first-order valence-corrected chi connectivity index (χ1v) is 7.20. The van der Waals surface area contributed by atoms with Crippen LogP contribution >= 0.6 is 0 Å². The van der Waals surface area contributed by atoms with Crippen molar-refractivity contribution in [1.29, 1.82) is 0 Å². The van der Waals surface area contributed by atoms with Crippen molar-refractivity contribution in [3.05, 3.63) is 54.2 Å². The fraction of sp³-hybridized carbons (Fsp3) is 0.0769. The van der Waals surface area contributed by atoms with Crippen molar-refractivity contribution < 1.29 is 18.3 Å². The largest absolute Gasteiger partial charge is 0.481 e. The van der Waals surface area contributed by atoms with Gasteiger partial charge in [-0.15, -0.1) is 0 Å². The summed E-state index contributed by atoms with van der Waals surface area (Å²) in [5.74, 6) is -0.741. The van der Waals surface area contributed by atoms with Crippen LogP contribution in [0.3, 0.4) is 0 Å². The van der Waals surface area contributed by atoms with Crippen LogP contribution in [0.5, 0.6) is 0 Å². The number of hydrogen-bond acceptors (Lipinski definition) is 4. The van der Waals surface area contributed by atoms with E-state index in [0.29, 0.717) is 5.56 Å². The van der Waals surface area contributed by atoms with Gasteiger partial charge in [-0.2, -0.15) is 0 Å². The number of sulfonamides is 1. The van der Waals surface area contributed by atoms with Crippen LogP contribution in [0, 0.1) is 0 Å². The lowest BCUT2D eigenvalue weighted by molar-refractivity contribution is -0.136. The molecule has 0 spiro atoms. The van der Waals surface area contributed by atoms with E-state index in [-0.39, 0.29) is 17.1 Å². The molecule has 0 fully saturated rings. The van der Waals surface area contributed by atoms with E-state index in [2.05, 4.69) is 9.71 Å². The van der Waals surface area contributed by atoms with Crippen LogP contribution in [0.1, 0.15) is 5.56 Å². The highest BCUT2D eigenvalue weighted by Crippen LogP contribution is 2.15. The van der Waals surface area contributed by atoms with Crippen LogP contribution in [-0.4, -0.2) is 24.5 Å². The van der Waals surface area contributed by atoms with Gasteiger partial charge in [-0.1, -0.05) is 18.2 Å². The smallest absolute Gasteiger partial charge is 0.307 e. The number of aromatic nitrogens is 1. The summed E-state index contributed by atoms with van der Waals surface area (Å²) in [6, 6.07) is 10.6. The van der Waals surface area contributed by atoms with Gasteiger partial charge >= 0.3 is 5.97 Å². The average molecular weight is 292 g/mol. The number of carboxylic acid groups (broad SMARTS) is 1. The Balaban J connectivity index is 2.19. The van der Waals surface area contributed by atoms with Crippen molar-refractivity contribution >= 4 is 21.8 Å². The van der Waals surface area contributed by atoms with Crippen LogP contribution in [0.2, 0.25) is 0 Å². The molecule has 1 aromatic carbocycles. The maximum absolute atomic E-state index is 12.1. The molecule has 0 amide bonds. The first kappa shape index (κ1) is 14.0. The summed E-state index contributed by atoms with van der Waals surface area (Å²) < 4.78 is 26.5. The highest BCUT2D eigenvalue weighted by atomic mass is 32.2. The molecular formula is C13H12N2O4S. The zero-order valence-corrected chi connectivity index (χ0v) is 11.2. The molecule has 0 unspecified atom stereocenters. The Morgan fingerprint density at radius 1 is 1.15 bits per heavy atom. The zero-order chi connectivity index (χ0) is 14.6. The summed E-state index contributed by atoms with van der Waals surface area (Å²) in [5, 5.41) is 8.65. The van der Waals surface area contributed by atoms with Gasteiger partial charge in [0.05, 0.1) is 11.3 Å². The van der Waals surface area contributed by atoms with Crippen molar-refractivity contribution in [1.82, 2.24) is 4.98 Å². The number of nitrogens with one attached hydrogen (secondary N) is 1. The number of pyridine rings is 1. The molecule has 0 aliphatic heterocycles. The number of rotatable bonds is 5. The van der Waals surface area contributed by atoms with Gasteiger partial charge < -0.3 is 5.11 Å². The molecule has 0 bridgehead atoms. The van der Waals surface area contributed by atoms with E-state index in [0.717, 1.165) is 0 Å². The fourth-order valence-corrected chi connectivity index (χ4v) is 2.59. The van der Waals surface area contributed by atoms with Crippen molar-refractivity contribution in [2.24, 2.45) is 0 Å². The van der Waals surface area contributed by atoms with Gasteiger partial charge in [0, 0.05) is 6.20 Å². The molecule has 20 heavy (non-hydrogen) atoms.